The molecule has 0 spiro atoms. The summed E-state index contributed by atoms with van der Waals surface area (Å²) in [5, 5.41) is 3.55. The molecule has 1 heterocycles. The Morgan fingerprint density at radius 2 is 1.76 bits per heavy atom. The Bertz CT molecular complexity index is 443. The van der Waals surface area contributed by atoms with Crippen molar-refractivity contribution in [3.63, 3.8) is 0 Å². The Morgan fingerprint density at radius 1 is 1.19 bits per heavy atom. The SMILES string of the molecule is CC(C)(C)[C@H](c1ccc(Cl)c(F)c1)N1CCNCC1.Cl.Cl. The molecule has 1 aliphatic heterocycles. The first-order chi connectivity index (χ1) is 8.89. The topological polar surface area (TPSA) is 15.3 Å². The molecule has 1 fully saturated rings. The van der Waals surface area contributed by atoms with Crippen LogP contribution in [0.5, 0.6) is 0 Å². The molecule has 0 amide bonds. The van der Waals surface area contributed by atoms with Crippen molar-refractivity contribution >= 4 is 36.4 Å². The number of rotatable bonds is 2. The van der Waals surface area contributed by atoms with Gasteiger partial charge in [0, 0.05) is 32.2 Å². The molecule has 0 bridgehead atoms. The van der Waals surface area contributed by atoms with E-state index in [9.17, 15) is 4.39 Å². The fourth-order valence-corrected chi connectivity index (χ4v) is 3.00. The second-order valence-corrected chi connectivity index (χ2v) is 6.64. The molecule has 6 heteroatoms. The van der Waals surface area contributed by atoms with E-state index in [4.69, 9.17) is 11.6 Å². The van der Waals surface area contributed by atoms with Gasteiger partial charge in [0.1, 0.15) is 5.82 Å². The van der Waals surface area contributed by atoms with Crippen molar-refractivity contribution in [1.29, 1.82) is 0 Å². The Kier molecular flexibility index (Phi) is 8.52. The minimum absolute atomic E-state index is 0. The third-order valence-corrected chi connectivity index (χ3v) is 3.90. The largest absolute Gasteiger partial charge is 0.314 e. The second kappa shape index (κ2) is 8.54. The molecule has 0 unspecified atom stereocenters. The average Bonchev–Trinajstić information content (AvgIpc) is 2.34. The summed E-state index contributed by atoms with van der Waals surface area (Å²) in [7, 11) is 0. The fourth-order valence-electron chi connectivity index (χ4n) is 2.88. The van der Waals surface area contributed by atoms with Crippen LogP contribution in [0.25, 0.3) is 0 Å². The van der Waals surface area contributed by atoms with E-state index in [0.29, 0.717) is 0 Å². The second-order valence-electron chi connectivity index (χ2n) is 6.23. The quantitative estimate of drug-likeness (QED) is 0.848. The van der Waals surface area contributed by atoms with E-state index in [1.54, 1.807) is 12.1 Å². The predicted molar refractivity (Wildman–Crippen MR) is 92.5 cm³/mol. The number of halogens is 4. The maximum atomic E-state index is 13.7. The van der Waals surface area contributed by atoms with Crippen molar-refractivity contribution in [3.8, 4) is 0 Å². The summed E-state index contributed by atoms with van der Waals surface area (Å²) in [6, 6.07) is 5.40. The maximum absolute atomic E-state index is 13.7. The van der Waals surface area contributed by atoms with E-state index in [1.807, 2.05) is 6.07 Å². The predicted octanol–water partition coefficient (Wildman–Crippen LogP) is 4.32. The number of nitrogens with zero attached hydrogens (tertiary/aromatic N) is 1. The van der Waals surface area contributed by atoms with Crippen LogP contribution in [0.15, 0.2) is 18.2 Å². The van der Waals surface area contributed by atoms with Gasteiger partial charge >= 0.3 is 0 Å². The average molecular weight is 358 g/mol. The van der Waals surface area contributed by atoms with Crippen LogP contribution in [0.1, 0.15) is 32.4 Å². The minimum atomic E-state index is -0.330. The standard InChI is InChI=1S/C15H22ClFN2.2ClH/c1-15(2,3)14(19-8-6-18-7-9-19)11-4-5-12(16)13(17)10-11;;/h4-5,10,14,18H,6-9H2,1-3H3;2*1H/t14-;;/m0../s1. The van der Waals surface area contributed by atoms with E-state index in [1.165, 1.54) is 0 Å². The lowest BCUT2D eigenvalue weighted by atomic mass is 9.81. The van der Waals surface area contributed by atoms with E-state index in [2.05, 4.69) is 31.0 Å². The van der Waals surface area contributed by atoms with Crippen molar-refractivity contribution < 1.29 is 4.39 Å². The monoisotopic (exact) mass is 356 g/mol. The Hall–Kier alpha value is -0.0600. The van der Waals surface area contributed by atoms with Crippen molar-refractivity contribution in [2.45, 2.75) is 26.8 Å². The zero-order valence-electron chi connectivity index (χ0n) is 12.7. The van der Waals surface area contributed by atoms with Crippen LogP contribution < -0.4 is 5.32 Å². The first kappa shape index (κ1) is 20.9. The summed E-state index contributed by atoms with van der Waals surface area (Å²) < 4.78 is 13.7. The first-order valence-corrected chi connectivity index (χ1v) is 7.17. The summed E-state index contributed by atoms with van der Waals surface area (Å²) in [5.41, 5.74) is 1.06. The number of nitrogens with one attached hydrogen (secondary N) is 1. The molecule has 0 radical (unpaired) electrons. The number of hydrogen-bond donors (Lipinski definition) is 1. The van der Waals surface area contributed by atoms with Crippen molar-refractivity contribution in [2.75, 3.05) is 26.2 Å². The van der Waals surface area contributed by atoms with Crippen LogP contribution in [0, 0.1) is 11.2 Å². The third kappa shape index (κ3) is 5.26. The normalized spacial score (nSPS) is 17.6. The van der Waals surface area contributed by atoms with Crippen LogP contribution in [-0.4, -0.2) is 31.1 Å². The Balaban J connectivity index is 0.00000200. The summed E-state index contributed by atoms with van der Waals surface area (Å²) in [6.45, 7) is 10.6. The zero-order chi connectivity index (χ0) is 14.0. The van der Waals surface area contributed by atoms with Gasteiger partial charge in [-0.25, -0.2) is 4.39 Å². The van der Waals surface area contributed by atoms with Gasteiger partial charge in [-0.05, 0) is 23.1 Å². The van der Waals surface area contributed by atoms with Crippen LogP contribution in [0.4, 0.5) is 4.39 Å². The van der Waals surface area contributed by atoms with Crippen LogP contribution in [0.2, 0.25) is 5.02 Å². The molecule has 1 N–H and O–H groups in total. The molecule has 0 aliphatic carbocycles. The number of hydrogen-bond acceptors (Lipinski definition) is 2. The number of benzene rings is 1. The van der Waals surface area contributed by atoms with Gasteiger partial charge in [-0.1, -0.05) is 38.4 Å². The molecular weight excluding hydrogens is 334 g/mol. The van der Waals surface area contributed by atoms with Gasteiger partial charge in [-0.3, -0.25) is 4.90 Å². The Labute approximate surface area is 144 Å². The lowest BCUT2D eigenvalue weighted by Gasteiger charge is -2.42. The molecule has 1 aliphatic rings. The van der Waals surface area contributed by atoms with Gasteiger partial charge in [-0.2, -0.15) is 0 Å². The van der Waals surface area contributed by atoms with E-state index in [-0.39, 0.29) is 47.1 Å². The molecule has 1 saturated heterocycles. The summed E-state index contributed by atoms with van der Waals surface area (Å²) in [6.07, 6.45) is 0. The molecule has 21 heavy (non-hydrogen) atoms. The summed E-state index contributed by atoms with van der Waals surface area (Å²) in [5.74, 6) is -0.330. The number of piperazine rings is 1. The first-order valence-electron chi connectivity index (χ1n) is 6.79. The molecule has 1 atom stereocenters. The maximum Gasteiger partial charge on any atom is 0.142 e. The smallest absolute Gasteiger partial charge is 0.142 e. The van der Waals surface area contributed by atoms with E-state index in [0.717, 1.165) is 31.7 Å². The highest BCUT2D eigenvalue weighted by Gasteiger charge is 2.32. The molecule has 122 valence electrons. The van der Waals surface area contributed by atoms with Crippen LogP contribution >= 0.6 is 36.4 Å². The highest BCUT2D eigenvalue weighted by atomic mass is 35.5. The summed E-state index contributed by atoms with van der Waals surface area (Å²) >= 11 is 5.79. The minimum Gasteiger partial charge on any atom is -0.314 e. The molecule has 1 aromatic rings. The highest BCUT2D eigenvalue weighted by Crippen LogP contribution is 2.38. The molecule has 2 nitrogen and oxygen atoms in total. The van der Waals surface area contributed by atoms with E-state index >= 15 is 0 Å². The summed E-state index contributed by atoms with van der Waals surface area (Å²) in [4.78, 5) is 2.43. The van der Waals surface area contributed by atoms with Crippen molar-refractivity contribution in [2.24, 2.45) is 5.41 Å². The molecular formula is C15H24Cl3FN2. The lowest BCUT2D eigenvalue weighted by Crippen LogP contribution is -2.48. The van der Waals surface area contributed by atoms with E-state index < -0.39 is 0 Å². The zero-order valence-corrected chi connectivity index (χ0v) is 15.0. The highest BCUT2D eigenvalue weighted by molar-refractivity contribution is 6.30. The van der Waals surface area contributed by atoms with Gasteiger partial charge in [0.15, 0.2) is 0 Å². The molecule has 2 rings (SSSR count). The van der Waals surface area contributed by atoms with Gasteiger partial charge in [0.25, 0.3) is 0 Å². The third-order valence-electron chi connectivity index (χ3n) is 3.60. The van der Waals surface area contributed by atoms with Gasteiger partial charge < -0.3 is 5.32 Å². The van der Waals surface area contributed by atoms with Crippen molar-refractivity contribution in [1.82, 2.24) is 10.2 Å². The van der Waals surface area contributed by atoms with Gasteiger partial charge in [-0.15, -0.1) is 24.8 Å². The van der Waals surface area contributed by atoms with Crippen LogP contribution in [-0.2, 0) is 0 Å². The van der Waals surface area contributed by atoms with Gasteiger partial charge in [0.2, 0.25) is 0 Å². The van der Waals surface area contributed by atoms with Crippen molar-refractivity contribution in [3.05, 3.63) is 34.6 Å². The fraction of sp³-hybridized carbons (Fsp3) is 0.600. The molecule has 0 aromatic heterocycles. The van der Waals surface area contributed by atoms with Gasteiger partial charge in [0.05, 0.1) is 5.02 Å². The lowest BCUT2D eigenvalue weighted by molar-refractivity contribution is 0.0860. The molecule has 0 saturated carbocycles. The molecule has 1 aromatic carbocycles. The Morgan fingerprint density at radius 3 is 2.24 bits per heavy atom. The van der Waals surface area contributed by atoms with Crippen LogP contribution in [0.3, 0.4) is 0 Å².